The van der Waals surface area contributed by atoms with E-state index in [0.29, 0.717) is 6.04 Å². The first-order valence-corrected chi connectivity index (χ1v) is 12.5. The first kappa shape index (κ1) is 15.4. The van der Waals surface area contributed by atoms with E-state index < -0.39 is 24.8 Å². The van der Waals surface area contributed by atoms with Gasteiger partial charge < -0.3 is 0 Å². The Morgan fingerprint density at radius 2 is 1.81 bits per heavy atom. The van der Waals surface area contributed by atoms with E-state index in [4.69, 9.17) is 0 Å². The summed E-state index contributed by atoms with van der Waals surface area (Å²) in [5, 5.41) is 4.55. The van der Waals surface area contributed by atoms with Gasteiger partial charge in [0, 0.05) is 0 Å². The molecule has 0 amide bonds. The Bertz CT molecular complexity index is 581. The molecule has 1 aliphatic heterocycles. The normalized spacial score (nSPS) is 26.5. The van der Waals surface area contributed by atoms with Crippen LogP contribution in [0.3, 0.4) is 0 Å². The van der Waals surface area contributed by atoms with E-state index in [1.807, 2.05) is 0 Å². The third kappa shape index (κ3) is 4.48. The van der Waals surface area contributed by atoms with E-state index in [0.717, 1.165) is 10.9 Å². The molecule has 6 heteroatoms. The van der Waals surface area contributed by atoms with E-state index in [2.05, 4.69) is 29.6 Å². The Hall–Kier alpha value is -0.512. The van der Waals surface area contributed by atoms with Crippen LogP contribution < -0.4 is 9.67 Å². The van der Waals surface area contributed by atoms with Crippen LogP contribution in [0.5, 0.6) is 0 Å². The van der Waals surface area contributed by atoms with E-state index in [1.54, 1.807) is 0 Å². The zero-order chi connectivity index (χ0) is 14.9. The van der Waals surface area contributed by atoms with Crippen molar-refractivity contribution in [1.82, 2.24) is 0 Å². The Balaban J connectivity index is 1.55. The van der Waals surface area contributed by atoms with E-state index in [1.165, 1.54) is 36.5 Å². The summed E-state index contributed by atoms with van der Waals surface area (Å²) in [6.45, 7) is 0. The number of hydrogen-bond acceptors (Lipinski definition) is 4. The number of hydrogen-bond donors (Lipinski definition) is 1. The van der Waals surface area contributed by atoms with Crippen molar-refractivity contribution in [2.45, 2.75) is 48.1 Å². The molecule has 1 aliphatic carbocycles. The molecule has 2 atom stereocenters. The van der Waals surface area contributed by atoms with Crippen molar-refractivity contribution in [1.29, 1.82) is 0 Å². The third-order valence-corrected chi connectivity index (χ3v) is 11.0. The standard InChI is InChI=1S/C15H22AsNO3S/c18-21(19,20)11-13-10-16(13)12-6-8-15(9-7-12)17-14-4-2-1-3-5-14/h6-9,13-14,17H,1-5,10-11H2,(H,18,19,20)/p-1. The van der Waals surface area contributed by atoms with Gasteiger partial charge >= 0.3 is 131 Å². The molecule has 1 saturated carbocycles. The average Bonchev–Trinajstić information content (AvgIpc) is 3.18. The second-order valence-corrected chi connectivity index (χ2v) is 12.9. The molecule has 3 rings (SSSR count). The fraction of sp³-hybridized carbons (Fsp3) is 0.600. The number of nitrogens with one attached hydrogen (secondary N) is 1. The van der Waals surface area contributed by atoms with Crippen LogP contribution in [0.2, 0.25) is 9.91 Å². The monoisotopic (exact) mass is 370 g/mol. The third-order valence-electron chi connectivity index (χ3n) is 4.29. The van der Waals surface area contributed by atoms with Crippen molar-refractivity contribution in [2.75, 3.05) is 11.1 Å². The topological polar surface area (TPSA) is 69.2 Å². The predicted octanol–water partition coefficient (Wildman–Crippen LogP) is 2.06. The summed E-state index contributed by atoms with van der Waals surface area (Å²) in [6, 6.07) is 9.08. The van der Waals surface area contributed by atoms with Gasteiger partial charge in [-0.2, -0.15) is 0 Å². The molecule has 1 heterocycles. The van der Waals surface area contributed by atoms with Crippen molar-refractivity contribution >= 4 is 34.8 Å². The molecular formula is C15H21AsNO3S-. The minimum atomic E-state index is -4.06. The van der Waals surface area contributed by atoms with Gasteiger partial charge in [-0.05, 0) is 0 Å². The van der Waals surface area contributed by atoms with Crippen molar-refractivity contribution in [3.05, 3.63) is 24.3 Å². The quantitative estimate of drug-likeness (QED) is 0.636. The van der Waals surface area contributed by atoms with Gasteiger partial charge in [0.15, 0.2) is 0 Å². The maximum atomic E-state index is 10.8. The van der Waals surface area contributed by atoms with Crippen LogP contribution in [0.15, 0.2) is 24.3 Å². The second-order valence-electron chi connectivity index (χ2n) is 6.06. The van der Waals surface area contributed by atoms with E-state index >= 15 is 0 Å². The maximum absolute atomic E-state index is 10.8. The summed E-state index contributed by atoms with van der Waals surface area (Å²) in [5.41, 5.74) is 1.16. The number of anilines is 1. The first-order valence-electron chi connectivity index (χ1n) is 7.58. The summed E-state index contributed by atoms with van der Waals surface area (Å²) in [6.07, 6.45) is 6.49. The molecular weight excluding hydrogens is 349 g/mol. The molecule has 2 unspecified atom stereocenters. The Morgan fingerprint density at radius 3 is 2.43 bits per heavy atom. The zero-order valence-corrected chi connectivity index (χ0v) is 14.7. The zero-order valence-electron chi connectivity index (χ0n) is 12.0. The second kappa shape index (κ2) is 6.31. The molecule has 116 valence electrons. The van der Waals surface area contributed by atoms with Crippen molar-refractivity contribution in [3.8, 4) is 0 Å². The Kier molecular flexibility index (Phi) is 4.62. The van der Waals surface area contributed by atoms with Gasteiger partial charge in [-0.3, -0.25) is 0 Å². The fourth-order valence-electron chi connectivity index (χ4n) is 3.11. The van der Waals surface area contributed by atoms with Crippen LogP contribution in [0.1, 0.15) is 32.1 Å². The minimum absolute atomic E-state index is 0.158. The molecule has 1 aromatic rings. The van der Waals surface area contributed by atoms with Gasteiger partial charge in [0.2, 0.25) is 0 Å². The van der Waals surface area contributed by atoms with Crippen LogP contribution in [-0.2, 0) is 10.1 Å². The van der Waals surface area contributed by atoms with Gasteiger partial charge in [-0.1, -0.05) is 0 Å². The number of benzene rings is 1. The molecule has 4 nitrogen and oxygen atoms in total. The summed E-state index contributed by atoms with van der Waals surface area (Å²) in [4.78, 5) is 0. The van der Waals surface area contributed by atoms with Crippen LogP contribution in [0.4, 0.5) is 5.69 Å². The molecule has 1 N–H and O–H groups in total. The molecule has 1 aromatic carbocycles. The SMILES string of the molecule is O=S(=O)([O-])CC1C[As]1c1ccc(NC2CCCCC2)cc1. The average molecular weight is 370 g/mol. The van der Waals surface area contributed by atoms with E-state index in [9.17, 15) is 13.0 Å². The fourth-order valence-corrected chi connectivity index (χ4v) is 10.9. The van der Waals surface area contributed by atoms with Gasteiger partial charge in [0.05, 0.1) is 0 Å². The molecule has 1 saturated heterocycles. The van der Waals surface area contributed by atoms with Gasteiger partial charge in [0.25, 0.3) is 0 Å². The van der Waals surface area contributed by atoms with Crippen LogP contribution in [-0.4, -0.2) is 39.4 Å². The molecule has 21 heavy (non-hydrogen) atoms. The summed E-state index contributed by atoms with van der Waals surface area (Å²) >= 11 is -1.24. The van der Waals surface area contributed by atoms with Gasteiger partial charge in [0.1, 0.15) is 0 Å². The van der Waals surface area contributed by atoms with Crippen molar-refractivity contribution < 1.29 is 13.0 Å². The Labute approximate surface area is 131 Å². The van der Waals surface area contributed by atoms with Crippen LogP contribution >= 0.6 is 0 Å². The van der Waals surface area contributed by atoms with E-state index in [-0.39, 0.29) is 10.5 Å². The first-order chi connectivity index (χ1) is 10.0. The molecule has 0 radical (unpaired) electrons. The predicted molar refractivity (Wildman–Crippen MR) is 85.4 cm³/mol. The van der Waals surface area contributed by atoms with Crippen LogP contribution in [0.25, 0.3) is 0 Å². The molecule has 0 spiro atoms. The molecule has 2 aliphatic rings. The summed E-state index contributed by atoms with van der Waals surface area (Å²) in [5.74, 6) is -0.158. The summed E-state index contributed by atoms with van der Waals surface area (Å²) in [7, 11) is -4.06. The molecule has 0 bridgehead atoms. The van der Waals surface area contributed by atoms with Crippen molar-refractivity contribution in [2.24, 2.45) is 0 Å². The van der Waals surface area contributed by atoms with Gasteiger partial charge in [-0.15, -0.1) is 0 Å². The van der Waals surface area contributed by atoms with Crippen LogP contribution in [0, 0.1) is 0 Å². The molecule has 2 fully saturated rings. The van der Waals surface area contributed by atoms with Gasteiger partial charge in [-0.25, -0.2) is 0 Å². The Morgan fingerprint density at radius 1 is 1.14 bits per heavy atom. The molecule has 0 aromatic heterocycles. The van der Waals surface area contributed by atoms with Crippen molar-refractivity contribution in [3.63, 3.8) is 0 Å². The summed E-state index contributed by atoms with van der Waals surface area (Å²) < 4.78 is 33.8. The number of rotatable bonds is 5.